The molecule has 4 rings (SSSR count). The number of halogens is 1. The summed E-state index contributed by atoms with van der Waals surface area (Å²) in [4.78, 5) is 36.4. The van der Waals surface area contributed by atoms with Crippen LogP contribution in [0.1, 0.15) is 66.2 Å². The molecular weight excluding hydrogens is 419 g/mol. The summed E-state index contributed by atoms with van der Waals surface area (Å²) in [6.45, 7) is 5.96. The molecule has 0 radical (unpaired) electrons. The molecule has 0 aromatic heterocycles. The lowest BCUT2D eigenvalue weighted by molar-refractivity contribution is -0.261. The van der Waals surface area contributed by atoms with Gasteiger partial charge in [0.2, 0.25) is 5.78 Å². The summed E-state index contributed by atoms with van der Waals surface area (Å²) >= 11 is 0. The van der Waals surface area contributed by atoms with Gasteiger partial charge in [0.05, 0.1) is 6.10 Å². The van der Waals surface area contributed by atoms with Gasteiger partial charge in [0.25, 0.3) is 0 Å². The van der Waals surface area contributed by atoms with Gasteiger partial charge in [-0.25, -0.2) is 4.39 Å². The van der Waals surface area contributed by atoms with Gasteiger partial charge >= 0.3 is 5.97 Å². The first kappa shape index (κ1) is 23.8. The third-order valence-corrected chi connectivity index (χ3v) is 9.98. The van der Waals surface area contributed by atoms with Gasteiger partial charge in [0, 0.05) is 30.6 Å². The number of aliphatic hydroxyl groups excluding tert-OH is 1. The summed E-state index contributed by atoms with van der Waals surface area (Å²) in [7, 11) is 0. The molecule has 0 aromatic carbocycles. The summed E-state index contributed by atoms with van der Waals surface area (Å²) in [5, 5.41) is 34.4. The largest absolute Gasteiger partial charge is 0.458 e. The zero-order chi connectivity index (χ0) is 23.9. The van der Waals surface area contributed by atoms with Gasteiger partial charge in [-0.1, -0.05) is 20.8 Å². The van der Waals surface area contributed by atoms with Crippen LogP contribution in [0.15, 0.2) is 0 Å². The summed E-state index contributed by atoms with van der Waals surface area (Å²) in [5.74, 6) is -2.90. The molecule has 4 saturated carbocycles. The molecule has 32 heavy (non-hydrogen) atoms. The Labute approximate surface area is 187 Å². The maximum absolute atomic E-state index is 15.6. The zero-order valence-electron chi connectivity index (χ0n) is 19.3. The lowest BCUT2D eigenvalue weighted by Crippen LogP contribution is -2.71. The van der Waals surface area contributed by atoms with Crippen molar-refractivity contribution < 1.29 is 38.8 Å². The van der Waals surface area contributed by atoms with E-state index >= 15 is 4.39 Å². The molecule has 4 aliphatic rings. The zero-order valence-corrected chi connectivity index (χ0v) is 19.3. The lowest BCUT2D eigenvalue weighted by Gasteiger charge is -2.65. The quantitative estimate of drug-likeness (QED) is 0.556. The highest BCUT2D eigenvalue weighted by Crippen LogP contribution is 2.70. The third-order valence-electron chi connectivity index (χ3n) is 9.98. The maximum Gasteiger partial charge on any atom is 0.303 e. The molecule has 0 bridgehead atoms. The van der Waals surface area contributed by atoms with Crippen LogP contribution >= 0.6 is 0 Å². The summed E-state index contributed by atoms with van der Waals surface area (Å²) in [6.07, 6.45) is -1.76. The van der Waals surface area contributed by atoms with E-state index in [2.05, 4.69) is 0 Å². The second kappa shape index (κ2) is 7.31. The monoisotopic (exact) mass is 454 g/mol. The number of carbonyl (C=O) groups excluding carboxylic acids is 3. The standard InChI is InChI=1S/C24H35FO7/c1-12-7-16-15-8-18(25)23(30)9-14(27)5-6-21(23,3)20(15)17(28)10-22(16,4)24(12,31)19(29)11-32-13(2)26/h12,15-18,20,28,30-31H,5-11H2,1-4H3/t12?,15-,16-,17?,18?,20+,21+,22-,23?,24-/m0/s1. The molecule has 8 heteroatoms. The molecule has 0 aliphatic heterocycles. The number of alkyl halides is 1. The van der Waals surface area contributed by atoms with Crippen LogP contribution in [0, 0.1) is 34.5 Å². The maximum atomic E-state index is 15.6. The molecule has 0 saturated heterocycles. The highest BCUT2D eigenvalue weighted by molar-refractivity contribution is 5.91. The van der Waals surface area contributed by atoms with Crippen molar-refractivity contribution in [3.8, 4) is 0 Å². The molecule has 7 nitrogen and oxygen atoms in total. The summed E-state index contributed by atoms with van der Waals surface area (Å²) in [5.41, 5.74) is -5.64. The minimum absolute atomic E-state index is 0.0255. The smallest absolute Gasteiger partial charge is 0.303 e. The fourth-order valence-corrected chi connectivity index (χ4v) is 8.35. The second-order valence-corrected chi connectivity index (χ2v) is 11.4. The molecule has 0 heterocycles. The van der Waals surface area contributed by atoms with Crippen molar-refractivity contribution in [1.82, 2.24) is 0 Å². The van der Waals surface area contributed by atoms with E-state index < -0.39 is 64.5 Å². The molecule has 0 amide bonds. The van der Waals surface area contributed by atoms with E-state index in [4.69, 9.17) is 4.74 Å². The Morgan fingerprint density at radius 2 is 1.84 bits per heavy atom. The number of esters is 1. The molecule has 4 fully saturated rings. The molecule has 10 atom stereocenters. The SMILES string of the molecule is CC(=O)OCC(=O)[C@@]1(O)C(C)C[C@H]2[C@@H]3CC(F)C4(O)CC(=O)CC[C@]4(C)[C@H]3C(O)C[C@@]21C. The normalized spacial score (nSPS) is 52.6. The number of ketones is 2. The van der Waals surface area contributed by atoms with Gasteiger partial charge in [-0.2, -0.15) is 0 Å². The van der Waals surface area contributed by atoms with E-state index in [0.29, 0.717) is 12.8 Å². The van der Waals surface area contributed by atoms with Gasteiger partial charge in [-0.05, 0) is 49.4 Å². The van der Waals surface area contributed by atoms with E-state index in [-0.39, 0.29) is 43.3 Å². The van der Waals surface area contributed by atoms with Crippen molar-refractivity contribution in [2.24, 2.45) is 34.5 Å². The van der Waals surface area contributed by atoms with Crippen LogP contribution in [-0.4, -0.2) is 62.9 Å². The van der Waals surface area contributed by atoms with Gasteiger partial charge in [-0.3, -0.25) is 14.4 Å². The number of rotatable bonds is 3. The Hall–Kier alpha value is -1.38. The fourth-order valence-electron chi connectivity index (χ4n) is 8.35. The highest BCUT2D eigenvalue weighted by atomic mass is 19.1. The Morgan fingerprint density at radius 1 is 1.19 bits per heavy atom. The third kappa shape index (κ3) is 2.84. The van der Waals surface area contributed by atoms with Crippen molar-refractivity contribution >= 4 is 17.5 Å². The minimum Gasteiger partial charge on any atom is -0.458 e. The highest BCUT2D eigenvalue weighted by Gasteiger charge is 2.74. The minimum atomic E-state index is -1.82. The number of aliphatic hydroxyl groups is 3. The van der Waals surface area contributed by atoms with Crippen LogP contribution in [0.3, 0.4) is 0 Å². The second-order valence-electron chi connectivity index (χ2n) is 11.4. The Kier molecular flexibility index (Phi) is 5.43. The molecular formula is C24H35FO7. The van der Waals surface area contributed by atoms with E-state index in [0.717, 1.165) is 0 Å². The molecule has 3 N–H and O–H groups in total. The van der Waals surface area contributed by atoms with E-state index in [1.807, 2.05) is 0 Å². The average Bonchev–Trinajstić information content (AvgIpc) is 2.89. The predicted molar refractivity (Wildman–Crippen MR) is 111 cm³/mol. The number of hydrogen-bond acceptors (Lipinski definition) is 7. The average molecular weight is 455 g/mol. The van der Waals surface area contributed by atoms with Crippen LogP contribution in [0.2, 0.25) is 0 Å². The first-order valence-corrected chi connectivity index (χ1v) is 11.7. The summed E-state index contributed by atoms with van der Waals surface area (Å²) < 4.78 is 20.5. The Bertz CT molecular complexity index is 846. The summed E-state index contributed by atoms with van der Waals surface area (Å²) in [6, 6.07) is 0. The fraction of sp³-hybridized carbons (Fsp3) is 0.875. The number of Topliss-reactive ketones (excluding diaryl/α,β-unsaturated/α-hetero) is 2. The van der Waals surface area contributed by atoms with E-state index in [1.54, 1.807) is 20.8 Å². The lowest BCUT2D eigenvalue weighted by atomic mass is 9.41. The van der Waals surface area contributed by atoms with Gasteiger partial charge < -0.3 is 20.1 Å². The van der Waals surface area contributed by atoms with Crippen molar-refractivity contribution in [3.05, 3.63) is 0 Å². The molecule has 180 valence electrons. The molecule has 0 aromatic rings. The first-order chi connectivity index (χ1) is 14.7. The van der Waals surface area contributed by atoms with Crippen LogP contribution in [-0.2, 0) is 19.1 Å². The van der Waals surface area contributed by atoms with Crippen LogP contribution < -0.4 is 0 Å². The molecule has 4 aliphatic carbocycles. The molecule has 0 spiro atoms. The number of carbonyl (C=O) groups is 3. The number of ether oxygens (including phenoxy) is 1. The van der Waals surface area contributed by atoms with Gasteiger partial charge in [0.15, 0.2) is 6.61 Å². The van der Waals surface area contributed by atoms with Crippen LogP contribution in [0.4, 0.5) is 4.39 Å². The van der Waals surface area contributed by atoms with E-state index in [9.17, 15) is 29.7 Å². The van der Waals surface area contributed by atoms with Crippen molar-refractivity contribution in [1.29, 1.82) is 0 Å². The van der Waals surface area contributed by atoms with Crippen molar-refractivity contribution in [2.45, 2.75) is 89.7 Å². The predicted octanol–water partition coefficient (Wildman–Crippen LogP) is 1.74. The topological polar surface area (TPSA) is 121 Å². The Balaban J connectivity index is 1.73. The van der Waals surface area contributed by atoms with Gasteiger partial charge in [-0.15, -0.1) is 0 Å². The van der Waals surface area contributed by atoms with Crippen LogP contribution in [0.5, 0.6) is 0 Å². The van der Waals surface area contributed by atoms with Crippen molar-refractivity contribution in [3.63, 3.8) is 0 Å². The van der Waals surface area contributed by atoms with Crippen molar-refractivity contribution in [2.75, 3.05) is 6.61 Å². The number of hydrogen-bond donors (Lipinski definition) is 3. The number of fused-ring (bicyclic) bond motifs is 5. The first-order valence-electron chi connectivity index (χ1n) is 11.7. The van der Waals surface area contributed by atoms with E-state index in [1.165, 1.54) is 6.92 Å². The Morgan fingerprint density at radius 3 is 2.47 bits per heavy atom. The van der Waals surface area contributed by atoms with Gasteiger partial charge in [0.1, 0.15) is 23.2 Å². The molecule has 4 unspecified atom stereocenters. The van der Waals surface area contributed by atoms with Crippen LogP contribution in [0.25, 0.3) is 0 Å².